The van der Waals surface area contributed by atoms with Crippen molar-refractivity contribution in [1.82, 2.24) is 24.5 Å². The van der Waals surface area contributed by atoms with Crippen LogP contribution in [-0.4, -0.2) is 86.8 Å². The zero-order valence-electron chi connectivity index (χ0n) is 18.5. The quantitative estimate of drug-likeness (QED) is 0.660. The number of amides is 3. The fourth-order valence-electron chi connectivity index (χ4n) is 6.40. The van der Waals surface area contributed by atoms with Crippen molar-refractivity contribution in [1.29, 1.82) is 0 Å². The molecular weight excluding hydrogens is 410 g/mol. The lowest BCUT2D eigenvalue weighted by Crippen LogP contribution is -2.47. The van der Waals surface area contributed by atoms with Crippen LogP contribution in [0.1, 0.15) is 35.3 Å². The molecule has 3 amide bonds. The SMILES string of the molecule is Cc1c(C(=O)N2C[C@@H]3OC(=O)N(C4CCN(C(=O)C5CC6C=CC5C6)C4)[C@@H]3C2)cnn1C. The summed E-state index contributed by atoms with van der Waals surface area (Å²) in [5.74, 6) is 1.21. The number of likely N-dealkylation sites (tertiary alicyclic amines) is 2. The van der Waals surface area contributed by atoms with E-state index < -0.39 is 0 Å². The van der Waals surface area contributed by atoms with Gasteiger partial charge in [-0.25, -0.2) is 4.79 Å². The highest BCUT2D eigenvalue weighted by molar-refractivity contribution is 5.95. The molecule has 5 aliphatic rings. The van der Waals surface area contributed by atoms with E-state index in [1.807, 2.05) is 23.8 Å². The van der Waals surface area contributed by atoms with E-state index in [1.165, 1.54) is 0 Å². The zero-order chi connectivity index (χ0) is 22.1. The normalized spacial score (nSPS) is 35.2. The molecule has 1 aromatic heterocycles. The van der Waals surface area contributed by atoms with Crippen molar-refractivity contribution in [3.05, 3.63) is 29.6 Å². The molecule has 2 bridgehead atoms. The molecule has 1 saturated carbocycles. The maximum Gasteiger partial charge on any atom is 0.410 e. The molecule has 0 aromatic carbocycles. The molecule has 4 heterocycles. The van der Waals surface area contributed by atoms with Crippen LogP contribution in [-0.2, 0) is 16.6 Å². The summed E-state index contributed by atoms with van der Waals surface area (Å²) in [6.07, 6.45) is 8.26. The molecule has 0 N–H and O–H groups in total. The first-order valence-electron chi connectivity index (χ1n) is 11.6. The molecule has 0 radical (unpaired) electrons. The molecule has 9 heteroatoms. The van der Waals surface area contributed by atoms with E-state index in [2.05, 4.69) is 17.3 Å². The topological polar surface area (TPSA) is 88.0 Å². The maximum absolute atomic E-state index is 13.1. The molecule has 1 aromatic rings. The third kappa shape index (κ3) is 2.89. The van der Waals surface area contributed by atoms with Crippen LogP contribution in [0.25, 0.3) is 0 Å². The number of hydrogen-bond acceptors (Lipinski definition) is 5. The molecule has 32 heavy (non-hydrogen) atoms. The van der Waals surface area contributed by atoms with Crippen LogP contribution in [0.5, 0.6) is 0 Å². The Morgan fingerprint density at radius 2 is 1.97 bits per heavy atom. The van der Waals surface area contributed by atoms with E-state index in [0.717, 1.165) is 25.0 Å². The van der Waals surface area contributed by atoms with Crippen LogP contribution in [0, 0.1) is 24.7 Å². The molecule has 4 fully saturated rings. The second-order valence-electron chi connectivity index (χ2n) is 9.99. The summed E-state index contributed by atoms with van der Waals surface area (Å²) in [5.41, 5.74) is 1.41. The Bertz CT molecular complexity index is 1020. The number of hydrogen-bond donors (Lipinski definition) is 0. The number of rotatable bonds is 3. The number of carbonyl (C=O) groups is 3. The second-order valence-corrected chi connectivity index (χ2v) is 9.99. The van der Waals surface area contributed by atoms with Gasteiger partial charge in [0.25, 0.3) is 5.91 Å². The van der Waals surface area contributed by atoms with Gasteiger partial charge < -0.3 is 14.5 Å². The van der Waals surface area contributed by atoms with Gasteiger partial charge in [0, 0.05) is 38.3 Å². The van der Waals surface area contributed by atoms with Gasteiger partial charge >= 0.3 is 6.09 Å². The van der Waals surface area contributed by atoms with Crippen molar-refractivity contribution in [3.8, 4) is 0 Å². The molecule has 9 nitrogen and oxygen atoms in total. The second kappa shape index (κ2) is 7.08. The average molecular weight is 440 g/mol. The number of fused-ring (bicyclic) bond motifs is 3. The van der Waals surface area contributed by atoms with Gasteiger partial charge in [0.1, 0.15) is 6.10 Å². The summed E-state index contributed by atoms with van der Waals surface area (Å²) in [6.45, 7) is 3.96. The predicted molar refractivity (Wildman–Crippen MR) is 114 cm³/mol. The fraction of sp³-hybridized carbons (Fsp3) is 0.652. The number of allylic oxidation sites excluding steroid dienone is 2. The molecule has 3 saturated heterocycles. The highest BCUT2D eigenvalue weighted by Crippen LogP contribution is 2.44. The summed E-state index contributed by atoms with van der Waals surface area (Å²) < 4.78 is 7.34. The smallest absolute Gasteiger partial charge is 0.410 e. The van der Waals surface area contributed by atoms with E-state index in [-0.39, 0.29) is 42.0 Å². The summed E-state index contributed by atoms with van der Waals surface area (Å²) in [6, 6.07) is -0.209. The minimum absolute atomic E-state index is 0.0502. The monoisotopic (exact) mass is 439 g/mol. The van der Waals surface area contributed by atoms with Crippen molar-refractivity contribution in [2.45, 2.75) is 44.4 Å². The van der Waals surface area contributed by atoms with Gasteiger partial charge in [-0.3, -0.25) is 19.2 Å². The highest BCUT2D eigenvalue weighted by atomic mass is 16.6. The number of ether oxygens (including phenoxy) is 1. The Labute approximate surface area is 186 Å². The number of carbonyl (C=O) groups excluding carboxylic acids is 3. The van der Waals surface area contributed by atoms with Gasteiger partial charge in [0.2, 0.25) is 5.91 Å². The van der Waals surface area contributed by atoms with Crippen molar-refractivity contribution in [2.24, 2.45) is 24.8 Å². The van der Waals surface area contributed by atoms with Gasteiger partial charge in [-0.05, 0) is 38.0 Å². The zero-order valence-corrected chi connectivity index (χ0v) is 18.5. The highest BCUT2D eigenvalue weighted by Gasteiger charge is 2.53. The molecule has 2 aliphatic carbocycles. The van der Waals surface area contributed by atoms with Crippen LogP contribution in [0.15, 0.2) is 18.3 Å². The Morgan fingerprint density at radius 3 is 2.66 bits per heavy atom. The number of aromatic nitrogens is 2. The molecule has 170 valence electrons. The summed E-state index contributed by atoms with van der Waals surface area (Å²) in [7, 11) is 1.81. The number of nitrogens with zero attached hydrogens (tertiary/aromatic N) is 5. The lowest BCUT2D eigenvalue weighted by molar-refractivity contribution is -0.135. The first-order chi connectivity index (χ1) is 15.4. The Kier molecular flexibility index (Phi) is 4.39. The molecule has 0 spiro atoms. The number of aryl methyl sites for hydroxylation is 1. The summed E-state index contributed by atoms with van der Waals surface area (Å²) in [5, 5.41) is 4.17. The van der Waals surface area contributed by atoms with E-state index in [0.29, 0.717) is 43.6 Å². The predicted octanol–water partition coefficient (Wildman–Crippen LogP) is 1.19. The molecular formula is C23H29N5O4. The lowest BCUT2D eigenvalue weighted by Gasteiger charge is -2.29. The lowest BCUT2D eigenvalue weighted by atomic mass is 9.92. The molecule has 6 rings (SSSR count). The first-order valence-corrected chi connectivity index (χ1v) is 11.6. The van der Waals surface area contributed by atoms with E-state index >= 15 is 0 Å². The van der Waals surface area contributed by atoms with E-state index in [1.54, 1.807) is 15.8 Å². The van der Waals surface area contributed by atoms with E-state index in [9.17, 15) is 14.4 Å². The van der Waals surface area contributed by atoms with Gasteiger partial charge in [-0.15, -0.1) is 0 Å². The Balaban J connectivity index is 1.13. The molecule has 6 atom stereocenters. The van der Waals surface area contributed by atoms with Crippen LogP contribution in [0.3, 0.4) is 0 Å². The maximum atomic E-state index is 13.1. The molecule has 4 unspecified atom stereocenters. The minimum atomic E-state index is -0.316. The largest absolute Gasteiger partial charge is 0.442 e. The fourth-order valence-corrected chi connectivity index (χ4v) is 6.40. The van der Waals surface area contributed by atoms with Gasteiger partial charge in [0.05, 0.1) is 30.4 Å². The summed E-state index contributed by atoms with van der Waals surface area (Å²) >= 11 is 0. The summed E-state index contributed by atoms with van der Waals surface area (Å²) in [4.78, 5) is 44.4. The van der Waals surface area contributed by atoms with Gasteiger partial charge in [0.15, 0.2) is 0 Å². The van der Waals surface area contributed by atoms with Crippen LogP contribution in [0.2, 0.25) is 0 Å². The van der Waals surface area contributed by atoms with Crippen molar-refractivity contribution in [3.63, 3.8) is 0 Å². The first kappa shape index (κ1) is 19.8. The molecule has 3 aliphatic heterocycles. The third-order valence-corrected chi connectivity index (χ3v) is 8.27. The van der Waals surface area contributed by atoms with Crippen LogP contribution in [0.4, 0.5) is 4.79 Å². The van der Waals surface area contributed by atoms with Gasteiger partial charge in [-0.2, -0.15) is 5.10 Å². The minimum Gasteiger partial charge on any atom is -0.442 e. The van der Waals surface area contributed by atoms with Crippen molar-refractivity contribution >= 4 is 17.9 Å². The third-order valence-electron chi connectivity index (χ3n) is 8.27. The van der Waals surface area contributed by atoms with Crippen molar-refractivity contribution in [2.75, 3.05) is 26.2 Å². The van der Waals surface area contributed by atoms with Gasteiger partial charge in [-0.1, -0.05) is 12.2 Å². The Morgan fingerprint density at radius 1 is 1.12 bits per heavy atom. The standard InChI is InChI=1S/C23H29N5O4/c1-13-18(9-24-25(13)2)22(30)27-11-19-20(12-27)32-23(31)28(19)16-5-6-26(10-16)21(29)17-8-14-3-4-15(17)7-14/h3-4,9,14-17,19-20H,5-8,10-12H2,1-2H3/t14?,15?,16?,17?,19-,20+/m1/s1. The Hall–Kier alpha value is -2.84. The van der Waals surface area contributed by atoms with E-state index in [4.69, 9.17) is 4.74 Å². The van der Waals surface area contributed by atoms with Crippen LogP contribution >= 0.6 is 0 Å². The van der Waals surface area contributed by atoms with Crippen molar-refractivity contribution < 1.29 is 19.1 Å². The average Bonchev–Trinajstić information content (AvgIpc) is 3.59. The van der Waals surface area contributed by atoms with Crippen LogP contribution < -0.4 is 0 Å².